The van der Waals surface area contributed by atoms with Gasteiger partial charge in [0.1, 0.15) is 12.6 Å². The van der Waals surface area contributed by atoms with Crippen LogP contribution in [0.3, 0.4) is 0 Å². The number of hydrogen-bond donors (Lipinski definition) is 3. The number of benzene rings is 1. The van der Waals surface area contributed by atoms with Crippen molar-refractivity contribution in [1.82, 2.24) is 10.2 Å². The highest BCUT2D eigenvalue weighted by Gasteiger charge is 2.38. The first kappa shape index (κ1) is 21.1. The van der Waals surface area contributed by atoms with Crippen LogP contribution in [0, 0.1) is 0 Å². The molecule has 3 N–H and O–H groups in total. The van der Waals surface area contributed by atoms with Crippen LogP contribution >= 0.6 is 11.8 Å². The summed E-state index contributed by atoms with van der Waals surface area (Å²) < 4.78 is 0. The van der Waals surface area contributed by atoms with Crippen molar-refractivity contribution < 1.29 is 24.6 Å². The Morgan fingerprint density at radius 3 is 2.69 bits per heavy atom. The Kier molecular flexibility index (Phi) is 7.11. The molecule has 2 aliphatic rings. The Morgan fingerprint density at radius 1 is 1.24 bits per heavy atom. The maximum atomic E-state index is 13.1. The van der Waals surface area contributed by atoms with E-state index >= 15 is 0 Å². The molecular weight excluding hydrogens is 392 g/mol. The smallest absolute Gasteiger partial charge is 0.323 e. The Bertz CT molecular complexity index is 824. The minimum atomic E-state index is -1.09. The Hall–Kier alpha value is -2.58. The van der Waals surface area contributed by atoms with Gasteiger partial charge in [0.15, 0.2) is 0 Å². The van der Waals surface area contributed by atoms with Gasteiger partial charge in [-0.2, -0.15) is 0 Å². The molecule has 0 saturated carbocycles. The molecule has 1 aromatic rings. The molecule has 29 heavy (non-hydrogen) atoms. The van der Waals surface area contributed by atoms with E-state index in [2.05, 4.69) is 5.32 Å². The summed E-state index contributed by atoms with van der Waals surface area (Å²) in [6, 6.07) is 7.60. The summed E-state index contributed by atoms with van der Waals surface area (Å²) in [4.78, 5) is 38.5. The third-order valence-electron chi connectivity index (χ3n) is 5.03. The van der Waals surface area contributed by atoms with Gasteiger partial charge in [0.25, 0.3) is 0 Å². The molecule has 1 fully saturated rings. The van der Waals surface area contributed by atoms with Crippen molar-refractivity contribution >= 4 is 29.6 Å². The monoisotopic (exact) mass is 416 g/mol. The molecule has 0 bridgehead atoms. The predicted octanol–water partition coefficient (Wildman–Crippen LogP) is 1.90. The van der Waals surface area contributed by atoms with Gasteiger partial charge in [-0.3, -0.25) is 19.7 Å². The minimum absolute atomic E-state index is 0.312. The predicted molar refractivity (Wildman–Crippen MR) is 111 cm³/mol. The van der Waals surface area contributed by atoms with Crippen molar-refractivity contribution in [3.05, 3.63) is 59.0 Å². The molecule has 0 aromatic heterocycles. The van der Waals surface area contributed by atoms with Crippen LogP contribution in [0.5, 0.6) is 0 Å². The largest absolute Gasteiger partial charge is 0.480 e. The molecule has 1 amide bonds. The van der Waals surface area contributed by atoms with Crippen LogP contribution in [0.4, 0.5) is 0 Å². The van der Waals surface area contributed by atoms with Gasteiger partial charge in [0.05, 0.1) is 12.1 Å². The lowest BCUT2D eigenvalue weighted by molar-refractivity contribution is -0.147. The second-order valence-corrected chi connectivity index (χ2v) is 8.15. The molecule has 1 aliphatic heterocycles. The van der Waals surface area contributed by atoms with Crippen LogP contribution in [-0.2, 0) is 20.8 Å². The highest BCUT2D eigenvalue weighted by molar-refractivity contribution is 8.03. The van der Waals surface area contributed by atoms with Crippen molar-refractivity contribution in [1.29, 1.82) is 0 Å². The summed E-state index contributed by atoms with van der Waals surface area (Å²) in [5.41, 5.74) is 1.02. The van der Waals surface area contributed by atoms with E-state index in [0.29, 0.717) is 25.0 Å². The van der Waals surface area contributed by atoms with E-state index in [-0.39, 0.29) is 11.9 Å². The van der Waals surface area contributed by atoms with Gasteiger partial charge < -0.3 is 15.1 Å². The first-order valence-corrected chi connectivity index (χ1v) is 10.5. The number of carbonyl (C=O) groups is 3. The van der Waals surface area contributed by atoms with Crippen LogP contribution < -0.4 is 5.32 Å². The molecule has 1 heterocycles. The van der Waals surface area contributed by atoms with Crippen molar-refractivity contribution in [2.24, 2.45) is 0 Å². The number of allylic oxidation sites excluding steroid dienone is 2. The normalized spacial score (nSPS) is 22.4. The molecule has 7 nitrogen and oxygen atoms in total. The number of carboxylic acid groups (broad SMARTS) is 2. The number of hydrogen-bond acceptors (Lipinski definition) is 5. The lowest BCUT2D eigenvalue weighted by Gasteiger charge is -2.32. The van der Waals surface area contributed by atoms with Gasteiger partial charge in [-0.25, -0.2) is 0 Å². The third kappa shape index (κ3) is 5.48. The minimum Gasteiger partial charge on any atom is -0.480 e. The van der Waals surface area contributed by atoms with Crippen LogP contribution in [0.25, 0.3) is 0 Å². The average molecular weight is 416 g/mol. The molecule has 0 spiro atoms. The number of nitrogens with one attached hydrogen (secondary N) is 1. The number of carboxylic acids is 2. The number of thioether (sulfide) groups is 1. The number of rotatable bonds is 8. The third-order valence-corrected chi connectivity index (χ3v) is 6.27. The second-order valence-electron chi connectivity index (χ2n) is 7.05. The molecule has 1 aliphatic carbocycles. The molecule has 1 aromatic carbocycles. The fourth-order valence-corrected chi connectivity index (χ4v) is 4.75. The summed E-state index contributed by atoms with van der Waals surface area (Å²) in [6.07, 6.45) is 7.16. The molecule has 3 unspecified atom stereocenters. The number of amides is 1. The lowest BCUT2D eigenvalue weighted by atomic mass is 10.0. The maximum Gasteiger partial charge on any atom is 0.323 e. The number of carbonyl (C=O) groups excluding carboxylic acids is 1. The second kappa shape index (κ2) is 9.76. The van der Waals surface area contributed by atoms with Gasteiger partial charge in [0, 0.05) is 10.7 Å². The molecule has 0 radical (unpaired) electrons. The first-order chi connectivity index (χ1) is 14.0. The molecule has 154 valence electrons. The van der Waals surface area contributed by atoms with Crippen molar-refractivity contribution in [2.75, 3.05) is 12.3 Å². The molecular formula is C21H24N2O5S. The molecule has 1 saturated heterocycles. The fraction of sp³-hybridized carbons (Fsp3) is 0.381. The van der Waals surface area contributed by atoms with Gasteiger partial charge in [-0.15, -0.1) is 11.8 Å². The van der Waals surface area contributed by atoms with E-state index < -0.39 is 30.6 Å². The van der Waals surface area contributed by atoms with Crippen LogP contribution in [-0.4, -0.2) is 63.4 Å². The van der Waals surface area contributed by atoms with Gasteiger partial charge in [-0.1, -0.05) is 48.6 Å². The highest BCUT2D eigenvalue weighted by atomic mass is 32.2. The Labute approximate surface area is 173 Å². The number of aryl methyl sites for hydroxylation is 1. The van der Waals surface area contributed by atoms with Gasteiger partial charge in [0.2, 0.25) is 5.91 Å². The number of fused-ring (bicyclic) bond motifs is 1. The highest BCUT2D eigenvalue weighted by Crippen LogP contribution is 2.33. The zero-order chi connectivity index (χ0) is 20.8. The quantitative estimate of drug-likeness (QED) is 0.594. The van der Waals surface area contributed by atoms with Crippen LogP contribution in [0.2, 0.25) is 0 Å². The number of aliphatic carboxylic acids is 2. The number of nitrogens with zero attached hydrogens (tertiary/aromatic N) is 1. The van der Waals surface area contributed by atoms with Gasteiger partial charge >= 0.3 is 11.9 Å². The summed E-state index contributed by atoms with van der Waals surface area (Å²) >= 11 is 1.48. The summed E-state index contributed by atoms with van der Waals surface area (Å²) in [7, 11) is 0. The van der Waals surface area contributed by atoms with Crippen molar-refractivity contribution in [3.63, 3.8) is 0 Å². The van der Waals surface area contributed by atoms with Crippen LogP contribution in [0.15, 0.2) is 53.5 Å². The van der Waals surface area contributed by atoms with Crippen LogP contribution in [0.1, 0.15) is 18.4 Å². The lowest BCUT2D eigenvalue weighted by Crippen LogP contribution is -2.55. The van der Waals surface area contributed by atoms with E-state index in [1.807, 2.05) is 48.6 Å². The first-order valence-electron chi connectivity index (χ1n) is 9.50. The van der Waals surface area contributed by atoms with E-state index in [0.717, 1.165) is 10.5 Å². The zero-order valence-electron chi connectivity index (χ0n) is 15.9. The van der Waals surface area contributed by atoms with Crippen molar-refractivity contribution in [2.45, 2.75) is 37.4 Å². The molecule has 8 heteroatoms. The Morgan fingerprint density at radius 2 is 2.00 bits per heavy atom. The van der Waals surface area contributed by atoms with E-state index in [9.17, 15) is 24.6 Å². The topological polar surface area (TPSA) is 107 Å². The summed E-state index contributed by atoms with van der Waals surface area (Å²) in [5, 5.41) is 21.9. The summed E-state index contributed by atoms with van der Waals surface area (Å²) in [6.45, 7) is -0.408. The molecule has 3 rings (SSSR count). The zero-order valence-corrected chi connectivity index (χ0v) is 16.7. The summed E-state index contributed by atoms with van der Waals surface area (Å²) in [5.74, 6) is -2.11. The molecule has 3 atom stereocenters. The standard InChI is InChI=1S/C21H24N2O5S/c24-19(25)12-23-17-8-4-5-9-18(17)29-13-16(20(23)26)22-15(21(27)28)11-10-14-6-2-1-3-7-14/h1-7,9,15-17,22H,8,10-13H2,(H,24,25)(H,27,28). The maximum absolute atomic E-state index is 13.1. The SMILES string of the molecule is O=C(O)CN1C(=O)C(NC(CCc2ccccc2)C(=O)O)CSC2=CC=CCC21. The van der Waals surface area contributed by atoms with E-state index in [1.54, 1.807) is 0 Å². The van der Waals surface area contributed by atoms with E-state index in [1.165, 1.54) is 16.7 Å². The van der Waals surface area contributed by atoms with Crippen molar-refractivity contribution in [3.8, 4) is 0 Å². The average Bonchev–Trinajstić information content (AvgIpc) is 2.83. The fourth-order valence-electron chi connectivity index (χ4n) is 3.56. The van der Waals surface area contributed by atoms with E-state index in [4.69, 9.17) is 0 Å². The van der Waals surface area contributed by atoms with Gasteiger partial charge in [-0.05, 0) is 24.8 Å². The Balaban J connectivity index is 1.74.